The summed E-state index contributed by atoms with van der Waals surface area (Å²) in [7, 11) is 0. The Labute approximate surface area is 162 Å². The van der Waals surface area contributed by atoms with E-state index >= 15 is 0 Å². The SMILES string of the molecule is CCc1ccccc1NC(=O)COC(=O)c1ccc(C2SCCS2)cc1. The van der Waals surface area contributed by atoms with Crippen molar-refractivity contribution in [3.05, 3.63) is 65.2 Å². The van der Waals surface area contributed by atoms with E-state index in [1.165, 1.54) is 5.56 Å². The Morgan fingerprint density at radius 1 is 1.08 bits per heavy atom. The molecule has 0 aromatic heterocycles. The van der Waals surface area contributed by atoms with Crippen LogP contribution in [0.15, 0.2) is 48.5 Å². The molecule has 2 aromatic rings. The lowest BCUT2D eigenvalue weighted by molar-refractivity contribution is -0.119. The van der Waals surface area contributed by atoms with E-state index in [4.69, 9.17) is 4.74 Å². The van der Waals surface area contributed by atoms with Crippen LogP contribution in [0.3, 0.4) is 0 Å². The average molecular weight is 388 g/mol. The minimum Gasteiger partial charge on any atom is -0.452 e. The maximum absolute atomic E-state index is 12.1. The quantitative estimate of drug-likeness (QED) is 0.739. The van der Waals surface area contributed by atoms with Crippen LogP contribution in [-0.2, 0) is 16.0 Å². The fraction of sp³-hybridized carbons (Fsp3) is 0.300. The summed E-state index contributed by atoms with van der Waals surface area (Å²) in [6.07, 6.45) is 0.820. The van der Waals surface area contributed by atoms with Crippen molar-refractivity contribution in [3.63, 3.8) is 0 Å². The highest BCUT2D eigenvalue weighted by Crippen LogP contribution is 2.45. The number of thioether (sulfide) groups is 2. The zero-order chi connectivity index (χ0) is 18.4. The molecule has 1 aliphatic rings. The number of hydrogen-bond donors (Lipinski definition) is 1. The largest absolute Gasteiger partial charge is 0.452 e. The van der Waals surface area contributed by atoms with E-state index in [1.54, 1.807) is 12.1 Å². The van der Waals surface area contributed by atoms with Gasteiger partial charge in [-0.2, -0.15) is 0 Å². The van der Waals surface area contributed by atoms with Crippen LogP contribution in [0, 0.1) is 0 Å². The Hall–Kier alpha value is -1.92. The molecule has 1 amide bonds. The number of para-hydroxylation sites is 1. The van der Waals surface area contributed by atoms with Gasteiger partial charge in [-0.3, -0.25) is 4.79 Å². The van der Waals surface area contributed by atoms with Gasteiger partial charge in [-0.15, -0.1) is 23.5 Å². The number of carbonyl (C=O) groups is 2. The van der Waals surface area contributed by atoms with Gasteiger partial charge in [-0.05, 0) is 35.7 Å². The zero-order valence-corrected chi connectivity index (χ0v) is 16.2. The smallest absolute Gasteiger partial charge is 0.338 e. The molecule has 0 unspecified atom stereocenters. The van der Waals surface area contributed by atoms with Crippen LogP contribution in [0.1, 0.15) is 33.0 Å². The number of aryl methyl sites for hydroxylation is 1. The number of amides is 1. The summed E-state index contributed by atoms with van der Waals surface area (Å²) < 4.78 is 5.59. The van der Waals surface area contributed by atoms with Gasteiger partial charge in [-0.1, -0.05) is 37.3 Å². The van der Waals surface area contributed by atoms with Gasteiger partial charge in [0.2, 0.25) is 0 Å². The summed E-state index contributed by atoms with van der Waals surface area (Å²) in [5, 5.41) is 2.79. The maximum atomic E-state index is 12.1. The number of anilines is 1. The van der Waals surface area contributed by atoms with Crippen molar-refractivity contribution < 1.29 is 14.3 Å². The molecule has 1 N–H and O–H groups in total. The van der Waals surface area contributed by atoms with Crippen LogP contribution in [0.2, 0.25) is 0 Å². The molecule has 1 saturated heterocycles. The summed E-state index contributed by atoms with van der Waals surface area (Å²) in [6.45, 7) is 1.73. The molecular formula is C20H21NO3S2. The molecular weight excluding hydrogens is 366 g/mol. The molecule has 3 rings (SSSR count). The number of rotatable bonds is 6. The molecule has 0 atom stereocenters. The first-order valence-corrected chi connectivity index (χ1v) is 10.6. The first-order valence-electron chi connectivity index (χ1n) is 8.55. The Kier molecular flexibility index (Phi) is 6.63. The van der Waals surface area contributed by atoms with Crippen LogP contribution in [-0.4, -0.2) is 30.0 Å². The molecule has 6 heteroatoms. The van der Waals surface area contributed by atoms with Crippen LogP contribution in [0.4, 0.5) is 5.69 Å². The highest BCUT2D eigenvalue weighted by atomic mass is 32.2. The molecule has 136 valence electrons. The monoisotopic (exact) mass is 387 g/mol. The molecule has 1 heterocycles. The van der Waals surface area contributed by atoms with Gasteiger partial charge in [0.1, 0.15) is 0 Å². The third kappa shape index (κ3) is 4.83. The molecule has 2 aromatic carbocycles. The van der Waals surface area contributed by atoms with Crippen LogP contribution in [0.5, 0.6) is 0 Å². The molecule has 0 spiro atoms. The minimum absolute atomic E-state index is 0.299. The first kappa shape index (κ1) is 18.9. The Morgan fingerprint density at radius 2 is 1.77 bits per heavy atom. The summed E-state index contributed by atoms with van der Waals surface area (Å²) >= 11 is 3.84. The lowest BCUT2D eigenvalue weighted by Crippen LogP contribution is -2.21. The van der Waals surface area contributed by atoms with Crippen molar-refractivity contribution in [2.45, 2.75) is 17.9 Å². The minimum atomic E-state index is -0.484. The van der Waals surface area contributed by atoms with Crippen molar-refractivity contribution in [2.75, 3.05) is 23.4 Å². The van der Waals surface area contributed by atoms with Crippen molar-refractivity contribution in [1.29, 1.82) is 0 Å². The van der Waals surface area contributed by atoms with Crippen molar-refractivity contribution in [1.82, 2.24) is 0 Å². The number of carbonyl (C=O) groups excluding carboxylic acids is 2. The zero-order valence-electron chi connectivity index (χ0n) is 14.6. The van der Waals surface area contributed by atoms with Gasteiger partial charge in [0.25, 0.3) is 5.91 Å². The second kappa shape index (κ2) is 9.14. The second-order valence-corrected chi connectivity index (χ2v) is 8.55. The van der Waals surface area contributed by atoms with E-state index < -0.39 is 5.97 Å². The number of benzene rings is 2. The lowest BCUT2D eigenvalue weighted by atomic mass is 10.1. The van der Waals surface area contributed by atoms with E-state index in [0.29, 0.717) is 10.1 Å². The van der Waals surface area contributed by atoms with E-state index in [1.807, 2.05) is 66.8 Å². The highest BCUT2D eigenvalue weighted by molar-refractivity contribution is 8.19. The molecule has 0 radical (unpaired) electrons. The van der Waals surface area contributed by atoms with Gasteiger partial charge >= 0.3 is 5.97 Å². The lowest BCUT2D eigenvalue weighted by Gasteiger charge is -2.11. The first-order chi connectivity index (χ1) is 12.7. The fourth-order valence-electron chi connectivity index (χ4n) is 2.68. The van der Waals surface area contributed by atoms with Crippen molar-refractivity contribution >= 4 is 41.1 Å². The van der Waals surface area contributed by atoms with Gasteiger partial charge in [0, 0.05) is 17.2 Å². The summed E-state index contributed by atoms with van der Waals surface area (Å²) in [5.41, 5.74) is 3.48. The van der Waals surface area contributed by atoms with E-state index in [9.17, 15) is 9.59 Å². The molecule has 0 bridgehead atoms. The third-order valence-electron chi connectivity index (χ3n) is 4.05. The van der Waals surface area contributed by atoms with E-state index in [-0.39, 0.29) is 12.5 Å². The number of ether oxygens (including phenoxy) is 1. The Morgan fingerprint density at radius 3 is 2.46 bits per heavy atom. The molecule has 1 aliphatic heterocycles. The van der Waals surface area contributed by atoms with E-state index in [0.717, 1.165) is 29.2 Å². The van der Waals surface area contributed by atoms with Gasteiger partial charge < -0.3 is 10.1 Å². The normalized spacial score (nSPS) is 14.2. The van der Waals surface area contributed by atoms with Crippen molar-refractivity contribution in [2.24, 2.45) is 0 Å². The summed E-state index contributed by atoms with van der Waals surface area (Å²) in [6, 6.07) is 15.1. The molecule has 0 aliphatic carbocycles. The van der Waals surface area contributed by atoms with Crippen LogP contribution < -0.4 is 5.32 Å². The maximum Gasteiger partial charge on any atom is 0.338 e. The van der Waals surface area contributed by atoms with Gasteiger partial charge in [0.05, 0.1) is 10.1 Å². The summed E-state index contributed by atoms with van der Waals surface area (Å²) in [4.78, 5) is 24.2. The molecule has 4 nitrogen and oxygen atoms in total. The topological polar surface area (TPSA) is 55.4 Å². The standard InChI is InChI=1S/C20H21NO3S2/c1-2-14-5-3-4-6-17(14)21-18(22)13-24-19(23)15-7-9-16(10-8-15)20-25-11-12-26-20/h3-10,20H,2,11-13H2,1H3,(H,21,22). The summed E-state index contributed by atoms with van der Waals surface area (Å²) in [5.74, 6) is 1.50. The third-order valence-corrected chi connectivity index (χ3v) is 7.15. The van der Waals surface area contributed by atoms with Gasteiger partial charge in [-0.25, -0.2) is 4.79 Å². The Balaban J connectivity index is 1.52. The predicted octanol–water partition coefficient (Wildman–Crippen LogP) is 4.52. The van der Waals surface area contributed by atoms with Crippen LogP contribution in [0.25, 0.3) is 0 Å². The van der Waals surface area contributed by atoms with Gasteiger partial charge in [0.15, 0.2) is 6.61 Å². The fourth-order valence-corrected chi connectivity index (χ4v) is 5.54. The average Bonchev–Trinajstić information content (AvgIpc) is 3.21. The molecule has 1 fully saturated rings. The second-order valence-electron chi connectivity index (χ2n) is 5.83. The molecule has 0 saturated carbocycles. The highest BCUT2D eigenvalue weighted by Gasteiger charge is 2.19. The number of esters is 1. The number of nitrogens with one attached hydrogen (secondary N) is 1. The predicted molar refractivity (Wildman–Crippen MR) is 109 cm³/mol. The Bertz CT molecular complexity index is 771. The number of hydrogen-bond acceptors (Lipinski definition) is 5. The molecule has 26 heavy (non-hydrogen) atoms. The van der Waals surface area contributed by atoms with E-state index in [2.05, 4.69) is 5.32 Å². The van der Waals surface area contributed by atoms with Crippen LogP contribution >= 0.6 is 23.5 Å². The van der Waals surface area contributed by atoms with Crippen molar-refractivity contribution in [3.8, 4) is 0 Å².